The molecule has 1 fully saturated rings. The molecule has 8 heteroatoms. The van der Waals surface area contributed by atoms with Gasteiger partial charge in [-0.2, -0.15) is 5.10 Å². The first-order chi connectivity index (χ1) is 15.2. The number of methoxy groups -OCH3 is 1. The summed E-state index contributed by atoms with van der Waals surface area (Å²) >= 11 is 0. The number of H-pyrrole nitrogens is 1. The van der Waals surface area contributed by atoms with Crippen LogP contribution in [0.3, 0.4) is 0 Å². The molecule has 0 bridgehead atoms. The minimum absolute atomic E-state index is 0. The van der Waals surface area contributed by atoms with Gasteiger partial charge in [0.05, 0.1) is 18.8 Å². The average Bonchev–Trinajstić information content (AvgIpc) is 3.38. The molecule has 1 aliphatic heterocycles. The van der Waals surface area contributed by atoms with Gasteiger partial charge in [-0.05, 0) is 35.9 Å². The summed E-state index contributed by atoms with van der Waals surface area (Å²) < 4.78 is 5.25. The maximum absolute atomic E-state index is 12.9. The molecular weight excluding hydrogens is 404 g/mol. The number of rotatable bonds is 4. The molecule has 0 atom stereocenters. The number of nitrogens with one attached hydrogen (secondary N) is 1. The summed E-state index contributed by atoms with van der Waals surface area (Å²) in [5.74, 6) is 1.60. The van der Waals surface area contributed by atoms with Crippen LogP contribution in [0.25, 0.3) is 22.0 Å². The summed E-state index contributed by atoms with van der Waals surface area (Å²) in [6.45, 7) is 2.67. The number of nitrogens with zero attached hydrogens (tertiary/aromatic N) is 5. The fourth-order valence-corrected chi connectivity index (χ4v) is 3.94. The van der Waals surface area contributed by atoms with Gasteiger partial charge in [0, 0.05) is 48.9 Å². The third kappa shape index (κ3) is 3.99. The Kier molecular flexibility index (Phi) is 6.02. The van der Waals surface area contributed by atoms with Crippen LogP contribution in [0.1, 0.15) is 17.8 Å². The first-order valence-electron chi connectivity index (χ1n) is 10.1. The Labute approximate surface area is 186 Å². The molecule has 1 saturated heterocycles. The number of carbonyl (C=O) groups is 1. The van der Waals surface area contributed by atoms with E-state index in [0.717, 1.165) is 27.8 Å². The highest BCUT2D eigenvalue weighted by atomic mass is 16.5. The summed E-state index contributed by atoms with van der Waals surface area (Å²) in [6.07, 6.45) is 5.27. The molecule has 164 valence electrons. The molecule has 0 unspecified atom stereocenters. The van der Waals surface area contributed by atoms with Crippen molar-refractivity contribution in [2.24, 2.45) is 0 Å². The number of fused-ring (bicyclic) bond motifs is 1. The zero-order valence-electron chi connectivity index (χ0n) is 17.2. The highest BCUT2D eigenvalue weighted by molar-refractivity contribution is 5.95. The number of ether oxygens (including phenoxy) is 1. The molecular formula is C24H26N6O2. The number of benzene rings is 2. The highest BCUT2D eigenvalue weighted by Gasteiger charge is 2.24. The van der Waals surface area contributed by atoms with E-state index in [1.807, 2.05) is 41.4 Å². The Morgan fingerprint density at radius 3 is 2.62 bits per heavy atom. The quantitative estimate of drug-likeness (QED) is 0.532. The highest BCUT2D eigenvalue weighted by Crippen LogP contribution is 2.29. The number of amides is 1. The minimum Gasteiger partial charge on any atom is -0.497 e. The van der Waals surface area contributed by atoms with Crippen LogP contribution in [0.2, 0.25) is 0 Å². The van der Waals surface area contributed by atoms with Crippen molar-refractivity contribution in [2.75, 3.05) is 38.2 Å². The predicted octanol–water partition coefficient (Wildman–Crippen LogP) is 3.63. The zero-order valence-corrected chi connectivity index (χ0v) is 17.2. The van der Waals surface area contributed by atoms with E-state index in [0.29, 0.717) is 37.5 Å². The normalized spacial score (nSPS) is 13.7. The van der Waals surface area contributed by atoms with E-state index in [1.54, 1.807) is 25.7 Å². The van der Waals surface area contributed by atoms with Gasteiger partial charge in [0.15, 0.2) is 0 Å². The fourth-order valence-electron chi connectivity index (χ4n) is 3.94. The van der Waals surface area contributed by atoms with Crippen molar-refractivity contribution >= 4 is 22.6 Å². The van der Waals surface area contributed by atoms with E-state index >= 15 is 0 Å². The number of hydrogen-bond acceptors (Lipinski definition) is 6. The van der Waals surface area contributed by atoms with Gasteiger partial charge < -0.3 is 14.5 Å². The maximum atomic E-state index is 12.9. The Morgan fingerprint density at radius 1 is 1.03 bits per heavy atom. The zero-order chi connectivity index (χ0) is 21.2. The van der Waals surface area contributed by atoms with E-state index in [4.69, 9.17) is 4.74 Å². The number of hydrogen-bond donors (Lipinski definition) is 1. The summed E-state index contributed by atoms with van der Waals surface area (Å²) in [6, 6.07) is 13.4. The monoisotopic (exact) mass is 430 g/mol. The number of anilines is 1. The van der Waals surface area contributed by atoms with Crippen LogP contribution in [-0.4, -0.2) is 64.3 Å². The fraction of sp³-hybridized carbons (Fsp3) is 0.250. The van der Waals surface area contributed by atoms with Crippen LogP contribution in [0.4, 0.5) is 5.82 Å². The van der Waals surface area contributed by atoms with Crippen molar-refractivity contribution in [1.82, 2.24) is 25.1 Å². The third-order valence-corrected chi connectivity index (χ3v) is 5.63. The number of aromatic amines is 1. The maximum Gasteiger partial charge on any atom is 0.254 e. The molecule has 0 radical (unpaired) electrons. The smallest absolute Gasteiger partial charge is 0.254 e. The van der Waals surface area contributed by atoms with Crippen molar-refractivity contribution in [1.29, 1.82) is 0 Å². The molecule has 1 aliphatic rings. The first-order valence-corrected chi connectivity index (χ1v) is 10.1. The van der Waals surface area contributed by atoms with E-state index < -0.39 is 0 Å². The lowest BCUT2D eigenvalue weighted by Gasteiger charge is -2.35. The molecule has 0 saturated carbocycles. The van der Waals surface area contributed by atoms with E-state index in [1.165, 1.54) is 0 Å². The Bertz CT molecular complexity index is 1220. The molecule has 8 nitrogen and oxygen atoms in total. The van der Waals surface area contributed by atoms with Crippen LogP contribution < -0.4 is 9.64 Å². The lowest BCUT2D eigenvalue weighted by Crippen LogP contribution is -2.49. The first kappa shape index (κ1) is 21.3. The molecule has 4 aromatic rings. The van der Waals surface area contributed by atoms with Gasteiger partial charge in [-0.25, -0.2) is 9.97 Å². The van der Waals surface area contributed by atoms with Crippen molar-refractivity contribution in [3.8, 4) is 16.9 Å². The van der Waals surface area contributed by atoms with Gasteiger partial charge in [0.1, 0.15) is 17.9 Å². The molecule has 1 N–H and O–H groups in total. The average molecular weight is 431 g/mol. The van der Waals surface area contributed by atoms with Gasteiger partial charge in [0.2, 0.25) is 0 Å². The van der Waals surface area contributed by atoms with Crippen LogP contribution >= 0.6 is 0 Å². The summed E-state index contributed by atoms with van der Waals surface area (Å²) in [4.78, 5) is 26.0. The van der Waals surface area contributed by atoms with Crippen molar-refractivity contribution in [2.45, 2.75) is 7.43 Å². The second kappa shape index (κ2) is 9.05. The van der Waals surface area contributed by atoms with Crippen LogP contribution in [-0.2, 0) is 0 Å². The van der Waals surface area contributed by atoms with Crippen LogP contribution in [0.15, 0.2) is 61.2 Å². The van der Waals surface area contributed by atoms with E-state index in [-0.39, 0.29) is 13.3 Å². The molecule has 0 spiro atoms. The topological polar surface area (TPSA) is 87.2 Å². The van der Waals surface area contributed by atoms with Gasteiger partial charge in [-0.3, -0.25) is 9.89 Å². The Balaban J connectivity index is 0.00000245. The second-order valence-electron chi connectivity index (χ2n) is 7.43. The van der Waals surface area contributed by atoms with E-state index in [2.05, 4.69) is 31.1 Å². The molecule has 0 aliphatic carbocycles. The molecule has 2 aromatic carbocycles. The summed E-state index contributed by atoms with van der Waals surface area (Å²) in [7, 11) is 1.60. The predicted molar refractivity (Wildman–Crippen MR) is 125 cm³/mol. The molecule has 1 amide bonds. The SMILES string of the molecule is C.COc1cccc(C(=O)N2CCN(c3ncnc4ccc(-c5cn[nH]c5)cc34)CC2)c1. The third-order valence-electron chi connectivity index (χ3n) is 5.63. The van der Waals surface area contributed by atoms with Gasteiger partial charge in [0.25, 0.3) is 5.91 Å². The molecule has 3 heterocycles. The Hall–Kier alpha value is -3.94. The minimum atomic E-state index is 0. The summed E-state index contributed by atoms with van der Waals surface area (Å²) in [5, 5.41) is 7.89. The van der Waals surface area contributed by atoms with Crippen molar-refractivity contribution in [3.05, 3.63) is 66.7 Å². The number of aromatic nitrogens is 4. The molecule has 2 aromatic heterocycles. The van der Waals surface area contributed by atoms with Crippen molar-refractivity contribution < 1.29 is 9.53 Å². The van der Waals surface area contributed by atoms with Gasteiger partial charge in [-0.1, -0.05) is 19.6 Å². The summed E-state index contributed by atoms with van der Waals surface area (Å²) in [5.41, 5.74) is 3.62. The number of piperazine rings is 1. The largest absolute Gasteiger partial charge is 0.497 e. The van der Waals surface area contributed by atoms with Gasteiger partial charge >= 0.3 is 0 Å². The van der Waals surface area contributed by atoms with Crippen LogP contribution in [0, 0.1) is 0 Å². The second-order valence-corrected chi connectivity index (χ2v) is 7.43. The molecule has 5 rings (SSSR count). The Morgan fingerprint density at radius 2 is 1.88 bits per heavy atom. The van der Waals surface area contributed by atoms with Crippen molar-refractivity contribution in [3.63, 3.8) is 0 Å². The van der Waals surface area contributed by atoms with Crippen LogP contribution in [0.5, 0.6) is 5.75 Å². The number of carbonyl (C=O) groups excluding carboxylic acids is 1. The lowest BCUT2D eigenvalue weighted by atomic mass is 10.1. The standard InChI is InChI=1S/C23H22N6O2.CH4/c1-31-19-4-2-3-17(11-19)23(30)29-9-7-28(8-10-29)22-20-12-16(18-13-26-27-14-18)5-6-21(20)24-15-25-22;/h2-6,11-15H,7-10H2,1H3,(H,26,27);1H4. The lowest BCUT2D eigenvalue weighted by molar-refractivity contribution is 0.0746. The molecule has 32 heavy (non-hydrogen) atoms. The van der Waals surface area contributed by atoms with Gasteiger partial charge in [-0.15, -0.1) is 0 Å². The van der Waals surface area contributed by atoms with E-state index in [9.17, 15) is 4.79 Å².